The van der Waals surface area contributed by atoms with Gasteiger partial charge in [-0.25, -0.2) is 19.4 Å². The van der Waals surface area contributed by atoms with Crippen molar-refractivity contribution in [1.29, 1.82) is 0 Å². The summed E-state index contributed by atoms with van der Waals surface area (Å²) in [4.78, 5) is 40.3. The van der Waals surface area contributed by atoms with Crippen molar-refractivity contribution in [2.45, 2.75) is 0 Å². The molecule has 0 bridgehead atoms. The minimum Gasteiger partial charge on any atom is -0.565 e. The van der Waals surface area contributed by atoms with Gasteiger partial charge < -0.3 is 15.0 Å². The maximum Gasteiger partial charge on any atom is 1.00 e. The van der Waals surface area contributed by atoms with Crippen LogP contribution in [0.5, 0.6) is 0 Å². The summed E-state index contributed by atoms with van der Waals surface area (Å²) in [5.41, 5.74) is 0.636. The van der Waals surface area contributed by atoms with Gasteiger partial charge in [-0.1, -0.05) is 36.4 Å². The van der Waals surface area contributed by atoms with E-state index in [0.717, 1.165) is 0 Å². The average molecular weight is 360 g/mol. The molecule has 0 aliphatic carbocycles. The molecule has 128 valence electrons. The van der Waals surface area contributed by atoms with Crippen molar-refractivity contribution in [2.24, 2.45) is 0 Å². The van der Waals surface area contributed by atoms with Gasteiger partial charge in [-0.15, -0.1) is 0 Å². The summed E-state index contributed by atoms with van der Waals surface area (Å²) in [6.07, 6.45) is -2.08. The summed E-state index contributed by atoms with van der Waals surface area (Å²) in [5, 5.41) is 27.3. The van der Waals surface area contributed by atoms with Crippen molar-refractivity contribution >= 4 is 18.1 Å². The van der Waals surface area contributed by atoms with Gasteiger partial charge >= 0.3 is 41.5 Å². The van der Waals surface area contributed by atoms with Crippen LogP contribution in [0.1, 0.15) is 20.7 Å². The molecule has 0 fully saturated rings. The smallest absolute Gasteiger partial charge is 0.565 e. The Bertz CT molecular complexity index is 576. The van der Waals surface area contributed by atoms with Crippen LogP contribution in [-0.4, -0.2) is 33.7 Å². The van der Waals surface area contributed by atoms with Crippen LogP contribution in [0.4, 0.5) is 4.79 Å². The van der Waals surface area contributed by atoms with E-state index in [4.69, 9.17) is 25.5 Å². The van der Waals surface area contributed by atoms with E-state index >= 15 is 0 Å². The van der Waals surface area contributed by atoms with Crippen molar-refractivity contribution in [3.63, 3.8) is 0 Å². The monoisotopic (exact) mass is 360 g/mol. The first kappa shape index (κ1) is 24.8. The zero-order valence-electron chi connectivity index (χ0n) is 13.1. The minimum absolute atomic E-state index is 0. The third-order valence-electron chi connectivity index (χ3n) is 2.21. The normalized spacial score (nSPS) is 8.08. The van der Waals surface area contributed by atoms with E-state index in [9.17, 15) is 9.59 Å². The van der Waals surface area contributed by atoms with Crippen LogP contribution < -0.4 is 34.7 Å². The molecule has 0 heterocycles. The van der Waals surface area contributed by atoms with Gasteiger partial charge in [-0.2, -0.15) is 0 Å². The van der Waals surface area contributed by atoms with E-state index in [1.165, 1.54) is 0 Å². The van der Waals surface area contributed by atoms with Crippen LogP contribution in [0.25, 0.3) is 0 Å². The standard InChI is InChI=1S/C14H10O4.CH2O3.Na.H2O2/c15-13(11-7-3-1-4-8-11)17-18-14(16)12-9-5-2-6-10-12;2-1(3)4;;1-2/h1-10H;(H2,2,3,4);;1-2H/q;;+1;/p-1. The van der Waals surface area contributed by atoms with Gasteiger partial charge in [0.15, 0.2) is 0 Å². The summed E-state index contributed by atoms with van der Waals surface area (Å²) < 4.78 is 0. The maximum atomic E-state index is 11.5. The predicted molar refractivity (Wildman–Crippen MR) is 77.0 cm³/mol. The first-order valence-electron chi connectivity index (χ1n) is 6.14. The Kier molecular flexibility index (Phi) is 15.0. The molecule has 0 aliphatic rings. The Morgan fingerprint density at radius 3 is 1.20 bits per heavy atom. The third-order valence-corrected chi connectivity index (χ3v) is 2.21. The molecule has 0 saturated carbocycles. The molecule has 10 heteroatoms. The molecular weight excluding hydrogens is 347 g/mol. The van der Waals surface area contributed by atoms with Gasteiger partial charge in [0.25, 0.3) is 0 Å². The number of carbonyl (C=O) groups is 3. The van der Waals surface area contributed by atoms with Crippen LogP contribution in [0.15, 0.2) is 60.7 Å². The molecule has 0 atom stereocenters. The van der Waals surface area contributed by atoms with Crippen LogP contribution >= 0.6 is 0 Å². The van der Waals surface area contributed by atoms with E-state index in [-0.39, 0.29) is 29.6 Å². The van der Waals surface area contributed by atoms with Gasteiger partial charge in [0.1, 0.15) is 0 Å². The van der Waals surface area contributed by atoms with E-state index in [2.05, 4.69) is 9.78 Å². The Morgan fingerprint density at radius 2 is 0.960 bits per heavy atom. The number of rotatable bonds is 2. The zero-order chi connectivity index (χ0) is 18.4. The first-order chi connectivity index (χ1) is 11.5. The van der Waals surface area contributed by atoms with E-state index in [1.807, 2.05) is 0 Å². The van der Waals surface area contributed by atoms with Crippen molar-refractivity contribution < 1.29 is 74.4 Å². The largest absolute Gasteiger partial charge is 1.00 e. The van der Waals surface area contributed by atoms with Crippen molar-refractivity contribution in [1.82, 2.24) is 0 Å². The van der Waals surface area contributed by atoms with Gasteiger partial charge in [0.2, 0.25) is 6.16 Å². The third kappa shape index (κ3) is 11.7. The second kappa shape index (κ2) is 15.1. The predicted octanol–water partition coefficient (Wildman–Crippen LogP) is -1.48. The topological polar surface area (TPSA) is 153 Å². The fourth-order valence-electron chi connectivity index (χ4n) is 1.32. The van der Waals surface area contributed by atoms with E-state index < -0.39 is 18.1 Å². The van der Waals surface area contributed by atoms with E-state index in [1.54, 1.807) is 60.7 Å². The fourth-order valence-corrected chi connectivity index (χ4v) is 1.32. The summed E-state index contributed by atoms with van der Waals surface area (Å²) in [6, 6.07) is 16.6. The molecule has 0 aliphatic heterocycles. The second-order valence-corrected chi connectivity index (χ2v) is 3.74. The Balaban J connectivity index is 0. The molecule has 0 spiro atoms. The van der Waals surface area contributed by atoms with Crippen molar-refractivity contribution in [2.75, 3.05) is 0 Å². The molecule has 2 aromatic rings. The summed E-state index contributed by atoms with van der Waals surface area (Å²) in [7, 11) is 0. The Labute approximate surface area is 164 Å². The second-order valence-electron chi connectivity index (χ2n) is 3.74. The summed E-state index contributed by atoms with van der Waals surface area (Å²) in [5.74, 6) is -1.42. The number of hydrogen-bond donors (Lipinski definition) is 3. The molecule has 0 radical (unpaired) electrons. The Morgan fingerprint density at radius 1 is 0.720 bits per heavy atom. The quantitative estimate of drug-likeness (QED) is 0.331. The molecule has 0 amide bonds. The molecular formula is C15H13NaO9. The molecule has 2 rings (SSSR count). The Hall–Kier alpha value is -2.43. The van der Waals surface area contributed by atoms with Crippen LogP contribution in [0.3, 0.4) is 0 Å². The van der Waals surface area contributed by atoms with Gasteiger partial charge in [0.05, 0.1) is 11.1 Å². The average Bonchev–Trinajstić information content (AvgIpc) is 2.62. The van der Waals surface area contributed by atoms with Crippen LogP contribution in [-0.2, 0) is 9.78 Å². The fraction of sp³-hybridized carbons (Fsp3) is 0. The van der Waals surface area contributed by atoms with Gasteiger partial charge in [0, 0.05) is 0 Å². The number of carbonyl (C=O) groups excluding carboxylic acids is 2. The molecule has 0 aromatic heterocycles. The summed E-state index contributed by atoms with van der Waals surface area (Å²) >= 11 is 0. The zero-order valence-corrected chi connectivity index (χ0v) is 15.1. The van der Waals surface area contributed by atoms with Gasteiger partial charge in [-0.05, 0) is 24.3 Å². The van der Waals surface area contributed by atoms with Crippen LogP contribution in [0.2, 0.25) is 0 Å². The molecule has 25 heavy (non-hydrogen) atoms. The van der Waals surface area contributed by atoms with Crippen LogP contribution in [0, 0.1) is 0 Å². The molecule has 0 unspecified atom stereocenters. The number of carboxylic acid groups (broad SMARTS) is 2. The molecule has 2 aromatic carbocycles. The summed E-state index contributed by atoms with van der Waals surface area (Å²) in [6.45, 7) is 0. The number of benzene rings is 2. The SMILES string of the molecule is O=C(OOC(=O)c1ccccc1)c1ccccc1.O=C([O-])O.OO.[Na+]. The van der Waals surface area contributed by atoms with Crippen molar-refractivity contribution in [3.8, 4) is 0 Å². The van der Waals surface area contributed by atoms with E-state index in [0.29, 0.717) is 11.1 Å². The van der Waals surface area contributed by atoms with Gasteiger partial charge in [-0.3, -0.25) is 10.5 Å². The molecule has 3 N–H and O–H groups in total. The first-order valence-corrected chi connectivity index (χ1v) is 6.14. The number of hydrogen-bond acceptors (Lipinski definition) is 8. The molecule has 9 nitrogen and oxygen atoms in total. The maximum absolute atomic E-state index is 11.5. The molecule has 0 saturated heterocycles. The minimum atomic E-state index is -2.08. The van der Waals surface area contributed by atoms with Crippen molar-refractivity contribution in [3.05, 3.63) is 71.8 Å².